The molecule has 0 saturated heterocycles. The molecule has 0 fully saturated rings. The maximum absolute atomic E-state index is 12.0. The lowest BCUT2D eigenvalue weighted by atomic mass is 10.3. The molecule has 0 heterocycles. The zero-order chi connectivity index (χ0) is 16.9. The Morgan fingerprint density at radius 3 is 2.48 bits per heavy atom. The zero-order valence-corrected chi connectivity index (χ0v) is 13.6. The van der Waals surface area contributed by atoms with E-state index in [1.807, 2.05) is 0 Å². The lowest BCUT2D eigenvalue weighted by Gasteiger charge is -2.11. The Morgan fingerprint density at radius 2 is 1.78 bits per heavy atom. The van der Waals surface area contributed by atoms with Gasteiger partial charge in [-0.2, -0.15) is 0 Å². The summed E-state index contributed by atoms with van der Waals surface area (Å²) >= 11 is 0. The van der Waals surface area contributed by atoms with Crippen molar-refractivity contribution in [3.05, 3.63) is 48.5 Å². The number of anilines is 1. The summed E-state index contributed by atoms with van der Waals surface area (Å²) in [4.78, 5) is 12.0. The van der Waals surface area contributed by atoms with Crippen molar-refractivity contribution in [3.63, 3.8) is 0 Å². The van der Waals surface area contributed by atoms with Gasteiger partial charge in [-0.3, -0.25) is 4.79 Å². The van der Waals surface area contributed by atoms with Crippen LogP contribution in [0.4, 0.5) is 5.69 Å². The van der Waals surface area contributed by atoms with E-state index < -0.39 is 15.7 Å². The zero-order valence-electron chi connectivity index (χ0n) is 12.8. The first-order valence-electron chi connectivity index (χ1n) is 6.76. The number of hydrogen-bond acceptors (Lipinski definition) is 5. The van der Waals surface area contributed by atoms with Crippen molar-refractivity contribution in [2.75, 3.05) is 25.3 Å². The highest BCUT2D eigenvalue weighted by atomic mass is 32.2. The molecule has 2 aromatic rings. The fourth-order valence-corrected chi connectivity index (χ4v) is 2.76. The van der Waals surface area contributed by atoms with Gasteiger partial charge in [-0.15, -0.1) is 0 Å². The van der Waals surface area contributed by atoms with Gasteiger partial charge in [0.15, 0.2) is 16.4 Å². The first-order valence-corrected chi connectivity index (χ1v) is 8.65. The monoisotopic (exact) mass is 335 g/mol. The summed E-state index contributed by atoms with van der Waals surface area (Å²) < 4.78 is 33.8. The van der Waals surface area contributed by atoms with Gasteiger partial charge in [0.1, 0.15) is 11.5 Å². The molecule has 1 amide bonds. The van der Waals surface area contributed by atoms with Crippen molar-refractivity contribution >= 4 is 21.4 Å². The van der Waals surface area contributed by atoms with Crippen molar-refractivity contribution < 1.29 is 22.7 Å². The van der Waals surface area contributed by atoms with Gasteiger partial charge in [0.25, 0.3) is 5.91 Å². The van der Waals surface area contributed by atoms with Crippen LogP contribution in [0.25, 0.3) is 0 Å². The van der Waals surface area contributed by atoms with Crippen LogP contribution in [-0.4, -0.2) is 34.3 Å². The topological polar surface area (TPSA) is 81.7 Å². The Morgan fingerprint density at radius 1 is 1.09 bits per heavy atom. The van der Waals surface area contributed by atoms with Crippen molar-refractivity contribution in [1.29, 1.82) is 0 Å². The van der Waals surface area contributed by atoms with Crippen LogP contribution >= 0.6 is 0 Å². The lowest BCUT2D eigenvalue weighted by Crippen LogP contribution is -2.21. The molecule has 122 valence electrons. The highest BCUT2D eigenvalue weighted by Crippen LogP contribution is 2.21. The molecule has 23 heavy (non-hydrogen) atoms. The Balaban J connectivity index is 2.03. The van der Waals surface area contributed by atoms with Crippen LogP contribution in [0.15, 0.2) is 53.4 Å². The fraction of sp³-hybridized carbons (Fsp3) is 0.188. The molecular weight excluding hydrogens is 318 g/mol. The summed E-state index contributed by atoms with van der Waals surface area (Å²) in [5.74, 6) is 0.644. The maximum Gasteiger partial charge on any atom is 0.262 e. The minimum atomic E-state index is -3.43. The predicted molar refractivity (Wildman–Crippen MR) is 86.7 cm³/mol. The summed E-state index contributed by atoms with van der Waals surface area (Å²) in [5, 5.41) is 2.54. The van der Waals surface area contributed by atoms with Crippen molar-refractivity contribution in [2.24, 2.45) is 0 Å². The molecule has 0 aliphatic carbocycles. The summed E-state index contributed by atoms with van der Waals surface area (Å²) in [6.45, 7) is -0.245. The molecule has 0 saturated carbocycles. The van der Waals surface area contributed by atoms with Gasteiger partial charge in [-0.25, -0.2) is 8.42 Å². The minimum Gasteiger partial charge on any atom is -0.497 e. The van der Waals surface area contributed by atoms with E-state index in [0.717, 1.165) is 6.26 Å². The molecule has 0 atom stereocenters. The third-order valence-corrected chi connectivity index (χ3v) is 4.13. The van der Waals surface area contributed by atoms with Gasteiger partial charge in [0.05, 0.1) is 17.7 Å². The maximum atomic E-state index is 12.0. The Bertz CT molecular complexity index is 802. The Hall–Kier alpha value is -2.54. The summed E-state index contributed by atoms with van der Waals surface area (Å²) in [6.07, 6.45) is 1.09. The standard InChI is InChI=1S/C16H17NO5S/c1-21-12-6-5-7-13(10-12)22-11-16(18)17-14-8-3-4-9-15(14)23(2,19)20/h3-10H,11H2,1-2H3,(H,17,18). The van der Waals surface area contributed by atoms with E-state index in [1.165, 1.54) is 19.2 Å². The van der Waals surface area contributed by atoms with Crippen molar-refractivity contribution in [1.82, 2.24) is 0 Å². The molecule has 0 bridgehead atoms. The molecule has 0 unspecified atom stereocenters. The number of carbonyl (C=O) groups is 1. The summed E-state index contributed by atoms with van der Waals surface area (Å²) in [7, 11) is -1.89. The highest BCUT2D eigenvalue weighted by Gasteiger charge is 2.14. The largest absolute Gasteiger partial charge is 0.497 e. The Labute approximate surface area is 135 Å². The van der Waals surface area contributed by atoms with Gasteiger partial charge < -0.3 is 14.8 Å². The van der Waals surface area contributed by atoms with Gasteiger partial charge in [-0.05, 0) is 24.3 Å². The van der Waals surface area contributed by atoms with Gasteiger partial charge in [0, 0.05) is 12.3 Å². The van der Waals surface area contributed by atoms with Gasteiger partial charge >= 0.3 is 0 Å². The lowest BCUT2D eigenvalue weighted by molar-refractivity contribution is -0.118. The Kier molecular flexibility index (Phi) is 5.23. The van der Waals surface area contributed by atoms with Crippen LogP contribution in [0.5, 0.6) is 11.5 Å². The van der Waals surface area contributed by atoms with E-state index in [4.69, 9.17) is 9.47 Å². The van der Waals surface area contributed by atoms with E-state index in [0.29, 0.717) is 11.5 Å². The molecule has 6 nitrogen and oxygen atoms in total. The number of sulfone groups is 1. The first-order chi connectivity index (χ1) is 10.9. The number of benzene rings is 2. The second-order valence-corrected chi connectivity index (χ2v) is 6.77. The molecular formula is C16H17NO5S. The van der Waals surface area contributed by atoms with Crippen LogP contribution < -0.4 is 14.8 Å². The summed E-state index contributed by atoms with van der Waals surface area (Å²) in [5.41, 5.74) is 0.231. The van der Waals surface area contributed by atoms with E-state index in [-0.39, 0.29) is 17.2 Å². The van der Waals surface area contributed by atoms with Crippen molar-refractivity contribution in [3.8, 4) is 11.5 Å². The van der Waals surface area contributed by atoms with E-state index in [2.05, 4.69) is 5.32 Å². The second kappa shape index (κ2) is 7.15. The molecule has 1 N–H and O–H groups in total. The fourth-order valence-electron chi connectivity index (χ4n) is 1.92. The number of hydrogen-bond donors (Lipinski definition) is 1. The molecule has 0 radical (unpaired) electrons. The first kappa shape index (κ1) is 16.8. The normalized spacial score (nSPS) is 10.9. The molecule has 2 aromatic carbocycles. The number of carbonyl (C=O) groups excluding carboxylic acids is 1. The van der Waals surface area contributed by atoms with Crippen LogP contribution in [0, 0.1) is 0 Å². The number of nitrogens with one attached hydrogen (secondary N) is 1. The third kappa shape index (κ3) is 4.72. The number of rotatable bonds is 6. The number of methoxy groups -OCH3 is 1. The van der Waals surface area contributed by atoms with Crippen LogP contribution in [-0.2, 0) is 14.6 Å². The van der Waals surface area contributed by atoms with E-state index in [9.17, 15) is 13.2 Å². The molecule has 0 aromatic heterocycles. The minimum absolute atomic E-state index is 0.0646. The molecule has 0 aliphatic heterocycles. The van der Waals surface area contributed by atoms with Crippen LogP contribution in [0.1, 0.15) is 0 Å². The quantitative estimate of drug-likeness (QED) is 0.874. The average molecular weight is 335 g/mol. The van der Waals surface area contributed by atoms with Gasteiger partial charge in [-0.1, -0.05) is 18.2 Å². The van der Waals surface area contributed by atoms with Crippen LogP contribution in [0.2, 0.25) is 0 Å². The highest BCUT2D eigenvalue weighted by molar-refractivity contribution is 7.90. The number of amides is 1. The van der Waals surface area contributed by atoms with E-state index in [1.54, 1.807) is 36.4 Å². The third-order valence-electron chi connectivity index (χ3n) is 2.97. The van der Waals surface area contributed by atoms with Crippen molar-refractivity contribution in [2.45, 2.75) is 4.90 Å². The molecule has 0 spiro atoms. The van der Waals surface area contributed by atoms with Crippen LogP contribution in [0.3, 0.4) is 0 Å². The average Bonchev–Trinajstić information content (AvgIpc) is 2.52. The number of para-hydroxylation sites is 1. The van der Waals surface area contributed by atoms with Gasteiger partial charge in [0.2, 0.25) is 0 Å². The number of ether oxygens (including phenoxy) is 2. The second-order valence-electron chi connectivity index (χ2n) is 4.78. The predicted octanol–water partition coefficient (Wildman–Crippen LogP) is 2.12. The molecule has 2 rings (SSSR count). The summed E-state index contributed by atoms with van der Waals surface area (Å²) in [6, 6.07) is 13.1. The van der Waals surface area contributed by atoms with E-state index >= 15 is 0 Å². The molecule has 0 aliphatic rings. The molecule has 7 heteroatoms. The smallest absolute Gasteiger partial charge is 0.262 e. The SMILES string of the molecule is COc1cccc(OCC(=O)Nc2ccccc2S(C)(=O)=O)c1.